The monoisotopic (exact) mass is 418 g/mol. The largest absolute Gasteiger partial charge is 0.386 e. The first-order valence-electron chi connectivity index (χ1n) is 9.45. The molecule has 0 unspecified atom stereocenters. The van der Waals surface area contributed by atoms with Gasteiger partial charge >= 0.3 is 22.5 Å². The van der Waals surface area contributed by atoms with Gasteiger partial charge in [0.2, 0.25) is 0 Å². The summed E-state index contributed by atoms with van der Waals surface area (Å²) in [7, 11) is 0. The molecule has 0 aliphatic rings. The van der Waals surface area contributed by atoms with Crippen LogP contribution in [0.1, 0.15) is 22.3 Å². The van der Waals surface area contributed by atoms with Gasteiger partial charge in [0.1, 0.15) is 0 Å². The SMILES string of the molecule is O=c1oc(=O)c2c(C#Cc3ccccc3)c3c(=O)oc(=O)c3c(C#Cc3ccccc3)c12. The third kappa shape index (κ3) is 3.04. The first kappa shape index (κ1) is 19.0. The molecule has 0 aliphatic carbocycles. The Morgan fingerprint density at radius 3 is 1.06 bits per heavy atom. The number of hydrogen-bond donors (Lipinski definition) is 0. The van der Waals surface area contributed by atoms with Crippen LogP contribution in [0.25, 0.3) is 21.5 Å². The van der Waals surface area contributed by atoms with Gasteiger partial charge in [-0.15, -0.1) is 0 Å². The van der Waals surface area contributed by atoms with E-state index in [2.05, 4.69) is 23.7 Å². The van der Waals surface area contributed by atoms with Crippen LogP contribution in [0.2, 0.25) is 0 Å². The Labute approximate surface area is 179 Å². The Morgan fingerprint density at radius 2 is 0.750 bits per heavy atom. The second kappa shape index (κ2) is 7.39. The van der Waals surface area contributed by atoms with Crippen molar-refractivity contribution in [1.29, 1.82) is 0 Å². The maximum atomic E-state index is 12.5. The zero-order valence-electron chi connectivity index (χ0n) is 16.2. The number of rotatable bonds is 0. The molecule has 5 rings (SSSR count). The van der Waals surface area contributed by atoms with Crippen LogP contribution in [0.15, 0.2) is 88.7 Å². The molecule has 5 aromatic rings. The van der Waals surface area contributed by atoms with Crippen LogP contribution >= 0.6 is 0 Å². The molecule has 2 aromatic heterocycles. The van der Waals surface area contributed by atoms with Gasteiger partial charge in [0.05, 0.1) is 32.7 Å². The van der Waals surface area contributed by atoms with Crippen molar-refractivity contribution in [1.82, 2.24) is 0 Å². The summed E-state index contributed by atoms with van der Waals surface area (Å²) in [6, 6.07) is 17.7. The molecule has 0 aliphatic heterocycles. The van der Waals surface area contributed by atoms with Gasteiger partial charge in [-0.25, -0.2) is 19.2 Å². The van der Waals surface area contributed by atoms with Gasteiger partial charge < -0.3 is 8.83 Å². The Bertz CT molecular complexity index is 1630. The second-order valence-corrected chi connectivity index (χ2v) is 6.84. The van der Waals surface area contributed by atoms with Crippen LogP contribution in [0.5, 0.6) is 0 Å². The maximum absolute atomic E-state index is 12.5. The van der Waals surface area contributed by atoms with E-state index < -0.39 is 22.5 Å². The highest BCUT2D eigenvalue weighted by atomic mass is 16.4. The summed E-state index contributed by atoms with van der Waals surface area (Å²) in [5.74, 6) is 11.2. The number of furan rings is 2. The minimum absolute atomic E-state index is 0.0872. The highest BCUT2D eigenvalue weighted by molar-refractivity contribution is 6.08. The third-order valence-corrected chi connectivity index (χ3v) is 4.90. The first-order valence-corrected chi connectivity index (χ1v) is 9.45. The lowest BCUT2D eigenvalue weighted by atomic mass is 9.96. The fraction of sp³-hybridized carbons (Fsp3) is 0. The van der Waals surface area contributed by atoms with E-state index in [-0.39, 0.29) is 32.7 Å². The number of benzene rings is 3. The summed E-state index contributed by atoms with van der Waals surface area (Å²) in [5, 5.41) is -0.773. The topological polar surface area (TPSA) is 94.6 Å². The van der Waals surface area contributed by atoms with Crippen molar-refractivity contribution in [2.24, 2.45) is 0 Å². The van der Waals surface area contributed by atoms with Crippen LogP contribution in [0, 0.1) is 23.7 Å². The molecule has 6 nitrogen and oxygen atoms in total. The van der Waals surface area contributed by atoms with E-state index in [0.29, 0.717) is 11.1 Å². The van der Waals surface area contributed by atoms with E-state index in [4.69, 9.17) is 8.83 Å². The third-order valence-electron chi connectivity index (χ3n) is 4.90. The molecule has 150 valence electrons. The van der Waals surface area contributed by atoms with Crippen LogP contribution < -0.4 is 22.5 Å². The molecule has 32 heavy (non-hydrogen) atoms. The summed E-state index contributed by atoms with van der Waals surface area (Å²) in [6.45, 7) is 0. The van der Waals surface area contributed by atoms with Crippen LogP contribution in [0.4, 0.5) is 0 Å². The fourth-order valence-corrected chi connectivity index (χ4v) is 3.50. The molecule has 0 atom stereocenters. The van der Waals surface area contributed by atoms with E-state index in [0.717, 1.165) is 0 Å². The summed E-state index contributed by atoms with van der Waals surface area (Å²) in [6.07, 6.45) is 0. The fourth-order valence-electron chi connectivity index (χ4n) is 3.50. The van der Waals surface area contributed by atoms with Crippen molar-refractivity contribution in [3.8, 4) is 23.7 Å². The van der Waals surface area contributed by atoms with Gasteiger partial charge in [0, 0.05) is 11.1 Å². The van der Waals surface area contributed by atoms with Gasteiger partial charge in [0.25, 0.3) is 0 Å². The Kier molecular flexibility index (Phi) is 4.40. The Hall–Kier alpha value is -4.94. The van der Waals surface area contributed by atoms with E-state index >= 15 is 0 Å². The summed E-state index contributed by atoms with van der Waals surface area (Å²) in [5.41, 5.74) is -2.79. The van der Waals surface area contributed by atoms with Crippen molar-refractivity contribution in [2.45, 2.75) is 0 Å². The van der Waals surface area contributed by atoms with Gasteiger partial charge in [0.15, 0.2) is 0 Å². The quantitative estimate of drug-likeness (QED) is 0.358. The van der Waals surface area contributed by atoms with E-state index in [1.807, 2.05) is 12.1 Å². The normalized spacial score (nSPS) is 10.5. The molecular weight excluding hydrogens is 408 g/mol. The molecule has 0 saturated carbocycles. The summed E-state index contributed by atoms with van der Waals surface area (Å²) in [4.78, 5) is 50.1. The second-order valence-electron chi connectivity index (χ2n) is 6.84. The highest BCUT2D eigenvalue weighted by Crippen LogP contribution is 2.26. The van der Waals surface area contributed by atoms with Crippen LogP contribution in [-0.4, -0.2) is 0 Å². The average Bonchev–Trinajstić information content (AvgIpc) is 3.27. The van der Waals surface area contributed by atoms with Gasteiger partial charge in [-0.05, 0) is 24.3 Å². The van der Waals surface area contributed by atoms with Crippen molar-refractivity contribution >= 4 is 21.5 Å². The zero-order valence-corrected chi connectivity index (χ0v) is 16.2. The van der Waals surface area contributed by atoms with Gasteiger partial charge in [-0.3, -0.25) is 0 Å². The van der Waals surface area contributed by atoms with Crippen LogP contribution in [0.3, 0.4) is 0 Å². The van der Waals surface area contributed by atoms with Crippen LogP contribution in [-0.2, 0) is 0 Å². The molecule has 0 bridgehead atoms. The zero-order chi connectivity index (χ0) is 22.2. The molecule has 0 N–H and O–H groups in total. The molecule has 0 fully saturated rings. The van der Waals surface area contributed by atoms with E-state index in [9.17, 15) is 19.2 Å². The Balaban J connectivity index is 1.94. The Morgan fingerprint density at radius 1 is 0.438 bits per heavy atom. The lowest BCUT2D eigenvalue weighted by Gasteiger charge is -1.99. The number of fused-ring (bicyclic) bond motifs is 2. The molecule has 6 heteroatoms. The standard InChI is InChI=1S/C26H10O6/c27-23-19-17(13-11-15-7-3-1-4-8-15)20-22(26(30)32-24(20)28)18(21(19)25(29)31-23)14-12-16-9-5-2-6-10-16/h1-10H. The molecule has 3 aromatic carbocycles. The van der Waals surface area contributed by atoms with Gasteiger partial charge in [-0.1, -0.05) is 60.1 Å². The van der Waals surface area contributed by atoms with Crippen molar-refractivity contribution < 1.29 is 8.83 Å². The predicted molar refractivity (Wildman–Crippen MR) is 118 cm³/mol. The lowest BCUT2D eigenvalue weighted by molar-refractivity contribution is 0.498. The van der Waals surface area contributed by atoms with Crippen molar-refractivity contribution in [3.05, 3.63) is 125 Å². The lowest BCUT2D eigenvalue weighted by Crippen LogP contribution is -2.03. The molecule has 0 amide bonds. The predicted octanol–water partition coefficient (Wildman–Crippen LogP) is 2.30. The van der Waals surface area contributed by atoms with Crippen molar-refractivity contribution in [3.63, 3.8) is 0 Å². The number of hydrogen-bond acceptors (Lipinski definition) is 6. The molecular formula is C26H10O6. The molecule has 0 saturated heterocycles. The van der Waals surface area contributed by atoms with Gasteiger partial charge in [-0.2, -0.15) is 0 Å². The molecule has 0 spiro atoms. The average molecular weight is 418 g/mol. The minimum atomic E-state index is -0.958. The highest BCUT2D eigenvalue weighted by Gasteiger charge is 2.26. The molecule has 0 radical (unpaired) electrons. The smallest absolute Gasteiger partial charge is 0.348 e. The summed E-state index contributed by atoms with van der Waals surface area (Å²) >= 11 is 0. The van der Waals surface area contributed by atoms with Crippen molar-refractivity contribution in [2.75, 3.05) is 0 Å². The maximum Gasteiger partial charge on any atom is 0.348 e. The van der Waals surface area contributed by atoms with E-state index in [1.165, 1.54) is 0 Å². The summed E-state index contributed by atoms with van der Waals surface area (Å²) < 4.78 is 9.58. The minimum Gasteiger partial charge on any atom is -0.386 e. The first-order chi connectivity index (χ1) is 15.5. The van der Waals surface area contributed by atoms with E-state index in [1.54, 1.807) is 48.5 Å². The molecule has 2 heterocycles.